The average molecular weight is 516 g/mol. The zero-order valence-corrected chi connectivity index (χ0v) is 20.1. The quantitative estimate of drug-likeness (QED) is 0.404. The highest BCUT2D eigenvalue weighted by atomic mass is 19.4. The maximum atomic E-state index is 13.9. The number of benzene rings is 2. The van der Waals surface area contributed by atoms with Crippen LogP contribution in [0.3, 0.4) is 0 Å². The smallest absolute Gasteiger partial charge is 0.348 e. The number of alkyl halides is 3. The van der Waals surface area contributed by atoms with Gasteiger partial charge in [0.2, 0.25) is 0 Å². The van der Waals surface area contributed by atoms with Gasteiger partial charge in [-0.15, -0.1) is 0 Å². The fourth-order valence-electron chi connectivity index (χ4n) is 4.02. The molecule has 194 valence electrons. The summed E-state index contributed by atoms with van der Waals surface area (Å²) in [4.78, 5) is 32.1. The van der Waals surface area contributed by atoms with Gasteiger partial charge < -0.3 is 20.9 Å². The minimum absolute atomic E-state index is 0.0438. The molecule has 1 saturated heterocycles. The van der Waals surface area contributed by atoms with Crippen LogP contribution in [0.1, 0.15) is 38.3 Å². The van der Waals surface area contributed by atoms with Gasteiger partial charge in [0.05, 0.1) is 16.8 Å². The molecule has 1 fully saturated rings. The molecule has 0 aliphatic carbocycles. The van der Waals surface area contributed by atoms with Gasteiger partial charge in [0.1, 0.15) is 5.82 Å². The van der Waals surface area contributed by atoms with Crippen LogP contribution < -0.4 is 16.0 Å². The molecule has 1 aromatic heterocycles. The third-order valence-electron chi connectivity index (χ3n) is 6.01. The summed E-state index contributed by atoms with van der Waals surface area (Å²) in [7, 11) is 1.95. The van der Waals surface area contributed by atoms with Crippen LogP contribution in [0, 0.1) is 12.7 Å². The van der Waals surface area contributed by atoms with Gasteiger partial charge in [-0.2, -0.15) is 13.2 Å². The van der Waals surface area contributed by atoms with Crippen molar-refractivity contribution in [2.24, 2.45) is 0 Å². The van der Waals surface area contributed by atoms with E-state index in [1.807, 2.05) is 26.1 Å². The summed E-state index contributed by atoms with van der Waals surface area (Å²) in [6, 6.07) is 10.2. The summed E-state index contributed by atoms with van der Waals surface area (Å²) < 4.78 is 53.3. The molecule has 0 bridgehead atoms. The number of carbonyl (C=O) groups is 2. The number of nitrogens with zero attached hydrogens (tertiary/aromatic N) is 2. The zero-order valence-electron chi connectivity index (χ0n) is 20.1. The number of carbonyl (C=O) groups excluding carboxylic acids is 2. The van der Waals surface area contributed by atoms with Crippen molar-refractivity contribution in [2.45, 2.75) is 25.6 Å². The summed E-state index contributed by atoms with van der Waals surface area (Å²) in [5, 5.41) is 8.47. The van der Waals surface area contributed by atoms with Crippen molar-refractivity contribution in [2.75, 3.05) is 30.8 Å². The van der Waals surface area contributed by atoms with Crippen molar-refractivity contribution in [3.8, 4) is 0 Å². The minimum Gasteiger partial charge on any atom is -0.348 e. The number of para-hydroxylation sites is 1. The molecule has 1 aliphatic heterocycles. The first-order chi connectivity index (χ1) is 17.5. The molecule has 0 unspecified atom stereocenters. The number of hydrogen-bond donors (Lipinski definition) is 3. The van der Waals surface area contributed by atoms with E-state index >= 15 is 0 Å². The lowest BCUT2D eigenvalue weighted by atomic mass is 10.1. The molecule has 11 heteroatoms. The van der Waals surface area contributed by atoms with Crippen LogP contribution in [0.2, 0.25) is 0 Å². The first-order valence-electron chi connectivity index (χ1n) is 11.5. The second kappa shape index (κ2) is 10.6. The number of amides is 2. The summed E-state index contributed by atoms with van der Waals surface area (Å²) >= 11 is 0. The molecule has 1 aliphatic rings. The fraction of sp³-hybridized carbons (Fsp3) is 0.269. The normalized spacial score (nSPS) is 15.9. The second-order valence-corrected chi connectivity index (χ2v) is 8.96. The topological polar surface area (TPSA) is 86.4 Å². The van der Waals surface area contributed by atoms with Crippen LogP contribution >= 0.6 is 0 Å². The van der Waals surface area contributed by atoms with Crippen molar-refractivity contribution < 1.29 is 27.2 Å². The Labute approximate surface area is 210 Å². The standard InChI is InChI=1S/C26H25F4N5O2/c1-15-5-3-4-6-21(15)33-23-22(11-17(13-31-23)25(37)32-20-7-8-35(2)14-20)34-24(36)16-9-18(26(28,29)30)12-19(27)10-16/h3-6,9-13,20H,7-8,14H2,1-2H3,(H,31,33)(H,32,37)(H,34,36)/t20-/m1/s1. The predicted molar refractivity (Wildman–Crippen MR) is 131 cm³/mol. The molecule has 2 heterocycles. The lowest BCUT2D eigenvalue weighted by Gasteiger charge is -2.17. The van der Waals surface area contributed by atoms with Crippen molar-refractivity contribution in [3.63, 3.8) is 0 Å². The number of aryl methyl sites for hydroxylation is 1. The van der Waals surface area contributed by atoms with Gasteiger partial charge in [-0.25, -0.2) is 9.37 Å². The van der Waals surface area contributed by atoms with Gasteiger partial charge in [-0.1, -0.05) is 18.2 Å². The van der Waals surface area contributed by atoms with E-state index in [4.69, 9.17) is 0 Å². The Morgan fingerprint density at radius 1 is 1.03 bits per heavy atom. The number of pyridine rings is 1. The molecule has 7 nitrogen and oxygen atoms in total. The van der Waals surface area contributed by atoms with E-state index in [-0.39, 0.29) is 23.1 Å². The molecule has 1 atom stereocenters. The number of halogens is 4. The molecular weight excluding hydrogens is 490 g/mol. The summed E-state index contributed by atoms with van der Waals surface area (Å²) in [6.45, 7) is 3.39. The van der Waals surface area contributed by atoms with Crippen LogP contribution in [0.15, 0.2) is 54.7 Å². The Morgan fingerprint density at radius 3 is 2.46 bits per heavy atom. The SMILES string of the molecule is Cc1ccccc1Nc1ncc(C(=O)N[C@@H]2CCN(C)C2)cc1NC(=O)c1cc(F)cc(C(F)(F)F)c1. The first-order valence-corrected chi connectivity index (χ1v) is 11.5. The first kappa shape index (κ1) is 26.1. The third-order valence-corrected chi connectivity index (χ3v) is 6.01. The van der Waals surface area contributed by atoms with Crippen molar-refractivity contribution in [1.82, 2.24) is 15.2 Å². The molecule has 2 amide bonds. The molecule has 0 radical (unpaired) electrons. The third kappa shape index (κ3) is 6.42. The van der Waals surface area contributed by atoms with Gasteiger partial charge in [0.25, 0.3) is 11.8 Å². The molecule has 4 rings (SSSR count). The monoisotopic (exact) mass is 515 g/mol. The maximum absolute atomic E-state index is 13.9. The van der Waals surface area contributed by atoms with Crippen LogP contribution in [0.5, 0.6) is 0 Å². The van der Waals surface area contributed by atoms with E-state index in [0.717, 1.165) is 18.5 Å². The zero-order chi connectivity index (χ0) is 26.7. The van der Waals surface area contributed by atoms with Gasteiger partial charge in [-0.3, -0.25) is 9.59 Å². The number of aromatic nitrogens is 1. The minimum atomic E-state index is -4.83. The lowest BCUT2D eigenvalue weighted by molar-refractivity contribution is -0.137. The highest BCUT2D eigenvalue weighted by Gasteiger charge is 2.32. The van der Waals surface area contributed by atoms with E-state index < -0.39 is 34.9 Å². The van der Waals surface area contributed by atoms with Crippen LogP contribution in [-0.2, 0) is 6.18 Å². The van der Waals surface area contributed by atoms with Gasteiger partial charge in [0, 0.05) is 30.0 Å². The summed E-state index contributed by atoms with van der Waals surface area (Å²) in [5.74, 6) is -2.44. The fourth-order valence-corrected chi connectivity index (χ4v) is 4.02. The number of anilines is 3. The number of likely N-dealkylation sites (N-methyl/N-ethyl adjacent to an activating group) is 1. The Kier molecular flexibility index (Phi) is 7.44. The predicted octanol–water partition coefficient (Wildman–Crippen LogP) is 4.98. The van der Waals surface area contributed by atoms with Gasteiger partial charge in [-0.05, 0) is 62.8 Å². The largest absolute Gasteiger partial charge is 0.416 e. The number of nitrogens with one attached hydrogen (secondary N) is 3. The van der Waals surface area contributed by atoms with Crippen molar-refractivity contribution in [3.05, 3.63) is 82.8 Å². The molecule has 0 spiro atoms. The van der Waals surface area contributed by atoms with Gasteiger partial charge in [0.15, 0.2) is 5.82 Å². The lowest BCUT2D eigenvalue weighted by Crippen LogP contribution is -2.36. The Hall–Kier alpha value is -3.99. The molecular formula is C26H25F4N5O2. The molecule has 2 aromatic carbocycles. The highest BCUT2D eigenvalue weighted by molar-refractivity contribution is 6.07. The molecule has 37 heavy (non-hydrogen) atoms. The maximum Gasteiger partial charge on any atom is 0.416 e. The van der Waals surface area contributed by atoms with E-state index in [2.05, 4.69) is 25.8 Å². The van der Waals surface area contributed by atoms with Crippen LogP contribution in [-0.4, -0.2) is 47.9 Å². The average Bonchev–Trinajstić information content (AvgIpc) is 3.24. The number of rotatable bonds is 6. The van der Waals surface area contributed by atoms with Crippen LogP contribution in [0.25, 0.3) is 0 Å². The van der Waals surface area contributed by atoms with E-state index in [1.54, 1.807) is 12.1 Å². The summed E-state index contributed by atoms with van der Waals surface area (Å²) in [6.07, 6.45) is -2.70. The van der Waals surface area contributed by atoms with E-state index in [1.165, 1.54) is 12.3 Å². The molecule has 0 saturated carbocycles. The van der Waals surface area contributed by atoms with Gasteiger partial charge >= 0.3 is 6.18 Å². The molecule has 3 aromatic rings. The van der Waals surface area contributed by atoms with Crippen LogP contribution in [0.4, 0.5) is 34.8 Å². The van der Waals surface area contributed by atoms with Crippen molar-refractivity contribution in [1.29, 1.82) is 0 Å². The Morgan fingerprint density at radius 2 is 1.78 bits per heavy atom. The number of hydrogen-bond acceptors (Lipinski definition) is 5. The Bertz CT molecular complexity index is 1330. The number of likely N-dealkylation sites (tertiary alicyclic amines) is 1. The Balaban J connectivity index is 1.65. The van der Waals surface area contributed by atoms with E-state index in [0.29, 0.717) is 30.4 Å². The second-order valence-electron chi connectivity index (χ2n) is 8.96. The highest BCUT2D eigenvalue weighted by Crippen LogP contribution is 2.31. The summed E-state index contributed by atoms with van der Waals surface area (Å²) in [5.41, 5.74) is -0.0881. The van der Waals surface area contributed by atoms with E-state index in [9.17, 15) is 27.2 Å². The van der Waals surface area contributed by atoms with Crippen molar-refractivity contribution >= 4 is 29.0 Å². The molecule has 3 N–H and O–H groups in total.